The molecular weight excluding hydrogens is 397 g/mol. The maximum Gasteiger partial charge on any atom is 0.194 e. The molecule has 0 aromatic rings. The fourth-order valence-electron chi connectivity index (χ4n) is 2.81. The van der Waals surface area contributed by atoms with Crippen molar-refractivity contribution in [2.24, 2.45) is 4.99 Å². The number of nitrogens with zero attached hydrogens (tertiary/aromatic N) is 2. The maximum absolute atomic E-state index is 5.89. The summed E-state index contributed by atoms with van der Waals surface area (Å²) in [7, 11) is 1.73. The molecule has 2 aliphatic heterocycles. The Morgan fingerprint density at radius 2 is 2.14 bits per heavy atom. The van der Waals surface area contributed by atoms with E-state index in [0.29, 0.717) is 0 Å². The first-order chi connectivity index (χ1) is 10.3. The van der Waals surface area contributed by atoms with Gasteiger partial charge in [0.1, 0.15) is 6.10 Å². The van der Waals surface area contributed by atoms with Crippen LogP contribution in [0.2, 0.25) is 0 Å². The monoisotopic (exact) mass is 427 g/mol. The van der Waals surface area contributed by atoms with E-state index in [0.717, 1.165) is 71.2 Å². The molecular formula is C15H30IN3O3. The highest BCUT2D eigenvalue weighted by Gasteiger charge is 2.32. The number of methoxy groups -OCH3 is 1. The van der Waals surface area contributed by atoms with Gasteiger partial charge in [-0.2, -0.15) is 0 Å². The summed E-state index contributed by atoms with van der Waals surface area (Å²) in [6.07, 6.45) is 3.63. The number of hydrogen-bond donors (Lipinski definition) is 1. The third-order valence-corrected chi connectivity index (χ3v) is 3.88. The smallest absolute Gasteiger partial charge is 0.194 e. The van der Waals surface area contributed by atoms with Crippen LogP contribution in [0.4, 0.5) is 0 Å². The molecule has 2 heterocycles. The molecule has 2 fully saturated rings. The summed E-state index contributed by atoms with van der Waals surface area (Å²) in [5.74, 6) is 0.986. The van der Waals surface area contributed by atoms with Crippen LogP contribution < -0.4 is 5.32 Å². The summed E-state index contributed by atoms with van der Waals surface area (Å²) in [6, 6.07) is 0. The largest absolute Gasteiger partial charge is 0.385 e. The third kappa shape index (κ3) is 6.17. The number of ether oxygens (including phenoxy) is 3. The zero-order valence-electron chi connectivity index (χ0n) is 13.8. The molecule has 0 radical (unpaired) electrons. The molecule has 0 aliphatic carbocycles. The first-order valence-corrected chi connectivity index (χ1v) is 8.10. The summed E-state index contributed by atoms with van der Waals surface area (Å²) in [4.78, 5) is 6.99. The van der Waals surface area contributed by atoms with Crippen LogP contribution in [0.15, 0.2) is 4.99 Å². The van der Waals surface area contributed by atoms with Crippen molar-refractivity contribution >= 4 is 29.9 Å². The van der Waals surface area contributed by atoms with Crippen molar-refractivity contribution in [2.45, 2.75) is 38.4 Å². The number of rotatable bonds is 6. The molecule has 0 amide bonds. The van der Waals surface area contributed by atoms with Gasteiger partial charge in [0.25, 0.3) is 0 Å². The van der Waals surface area contributed by atoms with Crippen LogP contribution in [0.3, 0.4) is 0 Å². The molecule has 0 aromatic carbocycles. The zero-order chi connectivity index (χ0) is 14.9. The van der Waals surface area contributed by atoms with E-state index in [4.69, 9.17) is 19.2 Å². The summed E-state index contributed by atoms with van der Waals surface area (Å²) in [5, 5.41) is 3.38. The molecule has 2 saturated heterocycles. The first kappa shape index (κ1) is 19.9. The van der Waals surface area contributed by atoms with E-state index in [2.05, 4.69) is 17.1 Å². The number of hydrogen-bond acceptors (Lipinski definition) is 4. The van der Waals surface area contributed by atoms with Gasteiger partial charge < -0.3 is 24.4 Å². The lowest BCUT2D eigenvalue weighted by molar-refractivity contribution is -0.0817. The van der Waals surface area contributed by atoms with Gasteiger partial charge in [-0.05, 0) is 26.2 Å². The predicted octanol–water partition coefficient (Wildman–Crippen LogP) is 1.49. The number of nitrogens with one attached hydrogen (secondary N) is 1. The molecule has 6 nitrogen and oxygen atoms in total. The minimum Gasteiger partial charge on any atom is -0.385 e. The van der Waals surface area contributed by atoms with Gasteiger partial charge in [0, 0.05) is 46.5 Å². The summed E-state index contributed by atoms with van der Waals surface area (Å²) in [5.41, 5.74) is 0. The lowest BCUT2D eigenvalue weighted by atomic mass is 10.1. The fraction of sp³-hybridized carbons (Fsp3) is 0.933. The van der Waals surface area contributed by atoms with Crippen molar-refractivity contribution < 1.29 is 14.2 Å². The average molecular weight is 427 g/mol. The van der Waals surface area contributed by atoms with Crippen molar-refractivity contribution in [3.63, 3.8) is 0 Å². The van der Waals surface area contributed by atoms with E-state index in [1.54, 1.807) is 7.11 Å². The maximum atomic E-state index is 5.89. The van der Waals surface area contributed by atoms with Gasteiger partial charge >= 0.3 is 0 Å². The highest BCUT2D eigenvalue weighted by atomic mass is 127. The second-order valence-electron chi connectivity index (χ2n) is 5.49. The molecule has 0 saturated carbocycles. The standard InChI is InChI=1S/C15H29N3O3.HI/c1-3-16-15(17-7-5-9-19-2)18-8-11-21-14(12-18)13-6-4-10-20-13;/h13-14H,3-12H2,1-2H3,(H,16,17);1H. The Bertz CT molecular complexity index is 325. The van der Waals surface area contributed by atoms with Crippen LogP contribution in [0.5, 0.6) is 0 Å². The van der Waals surface area contributed by atoms with Gasteiger partial charge in [-0.25, -0.2) is 0 Å². The van der Waals surface area contributed by atoms with Crippen molar-refractivity contribution in [2.75, 3.05) is 53.1 Å². The molecule has 0 spiro atoms. The van der Waals surface area contributed by atoms with Gasteiger partial charge in [-0.1, -0.05) is 0 Å². The van der Waals surface area contributed by atoms with Crippen LogP contribution in [-0.2, 0) is 14.2 Å². The number of halogens is 1. The zero-order valence-corrected chi connectivity index (χ0v) is 16.1. The van der Waals surface area contributed by atoms with Crippen molar-refractivity contribution in [1.29, 1.82) is 0 Å². The quantitative estimate of drug-likeness (QED) is 0.301. The normalized spacial score (nSPS) is 25.9. The molecule has 2 unspecified atom stereocenters. The molecule has 7 heteroatoms. The Hall–Kier alpha value is -0.120. The van der Waals surface area contributed by atoms with Gasteiger partial charge in [-0.15, -0.1) is 24.0 Å². The summed E-state index contributed by atoms with van der Waals surface area (Å²) >= 11 is 0. The Balaban J connectivity index is 0.00000242. The Morgan fingerprint density at radius 3 is 2.82 bits per heavy atom. The van der Waals surface area contributed by atoms with Gasteiger partial charge in [0.2, 0.25) is 0 Å². The van der Waals surface area contributed by atoms with Crippen LogP contribution in [0, 0.1) is 0 Å². The summed E-state index contributed by atoms with van der Waals surface area (Å²) in [6.45, 7) is 7.89. The van der Waals surface area contributed by atoms with Crippen LogP contribution in [0.1, 0.15) is 26.2 Å². The van der Waals surface area contributed by atoms with Crippen LogP contribution in [0.25, 0.3) is 0 Å². The Labute approximate surface area is 151 Å². The molecule has 0 aromatic heterocycles. The van der Waals surface area contributed by atoms with Crippen LogP contribution in [-0.4, -0.2) is 76.2 Å². The van der Waals surface area contributed by atoms with Gasteiger partial charge in [-0.3, -0.25) is 4.99 Å². The van der Waals surface area contributed by atoms with Crippen molar-refractivity contribution in [3.05, 3.63) is 0 Å². The Kier molecular flexibility index (Phi) is 10.3. The lowest BCUT2D eigenvalue weighted by Crippen LogP contribution is -2.53. The van der Waals surface area contributed by atoms with E-state index in [-0.39, 0.29) is 36.2 Å². The molecule has 1 N–H and O–H groups in total. The molecule has 0 bridgehead atoms. The lowest BCUT2D eigenvalue weighted by Gasteiger charge is -2.37. The highest BCUT2D eigenvalue weighted by molar-refractivity contribution is 14.0. The Morgan fingerprint density at radius 1 is 1.32 bits per heavy atom. The van der Waals surface area contributed by atoms with E-state index in [1.807, 2.05) is 0 Å². The second kappa shape index (κ2) is 11.4. The molecule has 2 aliphatic rings. The topological polar surface area (TPSA) is 55.3 Å². The minimum atomic E-state index is 0. The van der Waals surface area contributed by atoms with E-state index < -0.39 is 0 Å². The number of aliphatic imine (C=N–C) groups is 1. The molecule has 22 heavy (non-hydrogen) atoms. The fourth-order valence-corrected chi connectivity index (χ4v) is 2.81. The molecule has 2 rings (SSSR count). The average Bonchev–Trinajstić information content (AvgIpc) is 3.05. The second-order valence-corrected chi connectivity index (χ2v) is 5.49. The first-order valence-electron chi connectivity index (χ1n) is 8.10. The van der Waals surface area contributed by atoms with Crippen molar-refractivity contribution in [1.82, 2.24) is 10.2 Å². The van der Waals surface area contributed by atoms with Crippen molar-refractivity contribution in [3.8, 4) is 0 Å². The SMILES string of the molecule is CCNC(=NCCCOC)N1CCOC(C2CCCO2)C1.I. The minimum absolute atomic E-state index is 0. The van der Waals surface area contributed by atoms with Gasteiger partial charge in [0.05, 0.1) is 12.7 Å². The van der Waals surface area contributed by atoms with E-state index in [1.165, 1.54) is 0 Å². The van der Waals surface area contributed by atoms with Crippen LogP contribution >= 0.6 is 24.0 Å². The van der Waals surface area contributed by atoms with Gasteiger partial charge in [0.15, 0.2) is 5.96 Å². The predicted molar refractivity (Wildman–Crippen MR) is 98.2 cm³/mol. The molecule has 2 atom stereocenters. The third-order valence-electron chi connectivity index (χ3n) is 3.88. The van der Waals surface area contributed by atoms with E-state index >= 15 is 0 Å². The summed E-state index contributed by atoms with van der Waals surface area (Å²) < 4.78 is 16.7. The van der Waals surface area contributed by atoms with E-state index in [9.17, 15) is 0 Å². The highest BCUT2D eigenvalue weighted by Crippen LogP contribution is 2.21. The number of morpholine rings is 1. The molecule has 130 valence electrons. The number of guanidine groups is 1.